The summed E-state index contributed by atoms with van der Waals surface area (Å²) in [6, 6.07) is -0.327. The van der Waals surface area contributed by atoms with Gasteiger partial charge in [0.2, 0.25) is 11.8 Å². The van der Waals surface area contributed by atoms with E-state index >= 15 is 0 Å². The van der Waals surface area contributed by atoms with Gasteiger partial charge in [-0.2, -0.15) is 0 Å². The van der Waals surface area contributed by atoms with Crippen LogP contribution in [0.15, 0.2) is 6.33 Å². The zero-order chi connectivity index (χ0) is 11.8. The third-order valence-electron chi connectivity index (χ3n) is 3.38. The van der Waals surface area contributed by atoms with Crippen LogP contribution in [0.25, 0.3) is 0 Å². The molecule has 1 unspecified atom stereocenters. The van der Waals surface area contributed by atoms with Crippen molar-refractivity contribution in [1.82, 2.24) is 20.2 Å². The second kappa shape index (κ2) is 3.87. The maximum absolute atomic E-state index is 12.2. The molecule has 1 saturated heterocycles. The van der Waals surface area contributed by atoms with E-state index < -0.39 is 0 Å². The van der Waals surface area contributed by atoms with Crippen molar-refractivity contribution in [3.63, 3.8) is 0 Å². The van der Waals surface area contributed by atoms with Crippen molar-refractivity contribution in [3.8, 4) is 0 Å². The standard InChI is InChI=1S/C11H14N4O2/c16-10-2-1-8(14-10)11(17)15-4-3-7-9(5-15)13-6-12-7/h6,8H,1-5H2,(H,12,13)(H,14,16). The lowest BCUT2D eigenvalue weighted by Gasteiger charge is -2.28. The summed E-state index contributed by atoms with van der Waals surface area (Å²) in [6.07, 6.45) is 3.52. The van der Waals surface area contributed by atoms with Gasteiger partial charge in [0, 0.05) is 19.4 Å². The van der Waals surface area contributed by atoms with Crippen molar-refractivity contribution >= 4 is 11.8 Å². The second-order valence-corrected chi connectivity index (χ2v) is 4.50. The number of carbonyl (C=O) groups is 2. The predicted octanol–water partition coefficient (Wildman–Crippen LogP) is -0.427. The maximum Gasteiger partial charge on any atom is 0.245 e. The average Bonchev–Trinajstić information content (AvgIpc) is 2.95. The molecule has 0 aliphatic carbocycles. The third-order valence-corrected chi connectivity index (χ3v) is 3.38. The molecule has 2 N–H and O–H groups in total. The number of hydrogen-bond acceptors (Lipinski definition) is 3. The Morgan fingerprint density at radius 2 is 2.35 bits per heavy atom. The summed E-state index contributed by atoms with van der Waals surface area (Å²) < 4.78 is 0. The lowest BCUT2D eigenvalue weighted by Crippen LogP contribution is -2.46. The highest BCUT2D eigenvalue weighted by Crippen LogP contribution is 2.18. The SMILES string of the molecule is O=C1CCC(C(=O)N2CCc3nc[nH]c3C2)N1. The highest BCUT2D eigenvalue weighted by atomic mass is 16.2. The number of amides is 2. The predicted molar refractivity (Wildman–Crippen MR) is 58.9 cm³/mol. The monoisotopic (exact) mass is 234 g/mol. The van der Waals surface area contributed by atoms with Gasteiger partial charge >= 0.3 is 0 Å². The molecule has 6 heteroatoms. The van der Waals surface area contributed by atoms with Crippen LogP contribution in [0.2, 0.25) is 0 Å². The molecule has 0 radical (unpaired) electrons. The molecule has 2 amide bonds. The van der Waals surface area contributed by atoms with Crippen LogP contribution in [-0.4, -0.2) is 39.3 Å². The number of aromatic amines is 1. The molecule has 3 rings (SSSR count). The number of nitrogens with one attached hydrogen (secondary N) is 2. The van der Waals surface area contributed by atoms with Crippen LogP contribution in [0, 0.1) is 0 Å². The molecule has 1 fully saturated rings. The second-order valence-electron chi connectivity index (χ2n) is 4.50. The summed E-state index contributed by atoms with van der Waals surface area (Å²) in [7, 11) is 0. The first-order chi connectivity index (χ1) is 8.24. The molecule has 1 aromatic heterocycles. The van der Waals surface area contributed by atoms with E-state index in [2.05, 4.69) is 15.3 Å². The van der Waals surface area contributed by atoms with E-state index in [1.807, 2.05) is 0 Å². The first-order valence-electron chi connectivity index (χ1n) is 5.83. The Morgan fingerprint density at radius 1 is 1.47 bits per heavy atom. The van der Waals surface area contributed by atoms with Gasteiger partial charge in [-0.05, 0) is 6.42 Å². The quantitative estimate of drug-likeness (QED) is 0.692. The van der Waals surface area contributed by atoms with Gasteiger partial charge in [-0.15, -0.1) is 0 Å². The molecule has 17 heavy (non-hydrogen) atoms. The van der Waals surface area contributed by atoms with Crippen molar-refractivity contribution in [2.75, 3.05) is 6.54 Å². The summed E-state index contributed by atoms with van der Waals surface area (Å²) >= 11 is 0. The van der Waals surface area contributed by atoms with Crippen molar-refractivity contribution in [3.05, 3.63) is 17.7 Å². The van der Waals surface area contributed by atoms with Gasteiger partial charge in [0.1, 0.15) is 6.04 Å². The van der Waals surface area contributed by atoms with Crippen LogP contribution in [-0.2, 0) is 22.6 Å². The summed E-state index contributed by atoms with van der Waals surface area (Å²) in [5.41, 5.74) is 2.05. The van der Waals surface area contributed by atoms with Crippen LogP contribution in [0.3, 0.4) is 0 Å². The van der Waals surface area contributed by atoms with E-state index in [1.54, 1.807) is 11.2 Å². The largest absolute Gasteiger partial charge is 0.347 e. The molecule has 3 heterocycles. The number of carbonyl (C=O) groups excluding carboxylic acids is 2. The molecule has 2 aliphatic rings. The first-order valence-corrected chi connectivity index (χ1v) is 5.83. The fraction of sp³-hybridized carbons (Fsp3) is 0.545. The maximum atomic E-state index is 12.2. The van der Waals surface area contributed by atoms with Gasteiger partial charge in [0.05, 0.1) is 24.3 Å². The molecule has 6 nitrogen and oxygen atoms in total. The number of nitrogens with zero attached hydrogens (tertiary/aromatic N) is 2. The zero-order valence-electron chi connectivity index (χ0n) is 9.40. The molecular weight excluding hydrogens is 220 g/mol. The fourth-order valence-electron chi connectivity index (χ4n) is 2.42. The average molecular weight is 234 g/mol. The van der Waals surface area contributed by atoms with E-state index in [9.17, 15) is 9.59 Å². The number of imidazole rings is 1. The first kappa shape index (κ1) is 10.3. The number of fused-ring (bicyclic) bond motifs is 1. The molecule has 0 bridgehead atoms. The summed E-state index contributed by atoms with van der Waals surface area (Å²) in [5, 5.41) is 2.71. The van der Waals surface area contributed by atoms with Gasteiger partial charge < -0.3 is 15.2 Å². The molecule has 0 aromatic carbocycles. The minimum absolute atomic E-state index is 0.0242. The van der Waals surface area contributed by atoms with Gasteiger partial charge in [-0.3, -0.25) is 9.59 Å². The van der Waals surface area contributed by atoms with Crippen molar-refractivity contribution in [2.45, 2.75) is 31.8 Å². The Hall–Kier alpha value is -1.85. The number of hydrogen-bond donors (Lipinski definition) is 2. The topological polar surface area (TPSA) is 78.1 Å². The molecular formula is C11H14N4O2. The minimum Gasteiger partial charge on any atom is -0.347 e. The Morgan fingerprint density at radius 3 is 3.12 bits per heavy atom. The van der Waals surface area contributed by atoms with Crippen molar-refractivity contribution in [2.24, 2.45) is 0 Å². The number of rotatable bonds is 1. The summed E-state index contributed by atoms with van der Waals surface area (Å²) in [4.78, 5) is 32.3. The molecule has 1 atom stereocenters. The van der Waals surface area contributed by atoms with Crippen LogP contribution >= 0.6 is 0 Å². The molecule has 0 spiro atoms. The summed E-state index contributed by atoms with van der Waals surface area (Å²) in [5.74, 6) is -0.00121. The minimum atomic E-state index is -0.327. The molecule has 1 aromatic rings. The van der Waals surface area contributed by atoms with Crippen LogP contribution in [0.4, 0.5) is 0 Å². The Bertz CT molecular complexity index is 468. The van der Waals surface area contributed by atoms with Crippen LogP contribution in [0.1, 0.15) is 24.2 Å². The smallest absolute Gasteiger partial charge is 0.245 e. The van der Waals surface area contributed by atoms with Crippen molar-refractivity contribution < 1.29 is 9.59 Å². The Labute approximate surface area is 98.4 Å². The van der Waals surface area contributed by atoms with E-state index in [4.69, 9.17) is 0 Å². The molecule has 0 saturated carbocycles. The van der Waals surface area contributed by atoms with E-state index in [1.165, 1.54) is 0 Å². The zero-order valence-corrected chi connectivity index (χ0v) is 9.40. The van der Waals surface area contributed by atoms with Crippen LogP contribution in [0.5, 0.6) is 0 Å². The lowest BCUT2D eigenvalue weighted by molar-refractivity contribution is -0.135. The molecule has 2 aliphatic heterocycles. The normalized spacial score (nSPS) is 23.4. The van der Waals surface area contributed by atoms with E-state index in [-0.39, 0.29) is 17.9 Å². The third kappa shape index (κ3) is 1.79. The number of aromatic nitrogens is 2. The summed E-state index contributed by atoms with van der Waals surface area (Å²) in [6.45, 7) is 1.25. The van der Waals surface area contributed by atoms with Crippen LogP contribution < -0.4 is 5.32 Å². The highest BCUT2D eigenvalue weighted by molar-refractivity contribution is 5.90. The van der Waals surface area contributed by atoms with Crippen molar-refractivity contribution in [1.29, 1.82) is 0 Å². The Balaban J connectivity index is 1.70. The fourth-order valence-corrected chi connectivity index (χ4v) is 2.42. The Kier molecular flexibility index (Phi) is 2.35. The van der Waals surface area contributed by atoms with Gasteiger partial charge in [0.25, 0.3) is 0 Å². The van der Waals surface area contributed by atoms with Gasteiger partial charge in [-0.25, -0.2) is 4.98 Å². The van der Waals surface area contributed by atoms with E-state index in [0.29, 0.717) is 25.9 Å². The molecule has 90 valence electrons. The van der Waals surface area contributed by atoms with Gasteiger partial charge in [0.15, 0.2) is 0 Å². The lowest BCUT2D eigenvalue weighted by atomic mass is 10.1. The highest BCUT2D eigenvalue weighted by Gasteiger charge is 2.32. The van der Waals surface area contributed by atoms with Gasteiger partial charge in [-0.1, -0.05) is 0 Å². The van der Waals surface area contributed by atoms with E-state index in [0.717, 1.165) is 17.8 Å². The number of H-pyrrole nitrogens is 1.